The molecular formula is C11H13NO3. The highest BCUT2D eigenvalue weighted by Crippen LogP contribution is 2.31. The topological polar surface area (TPSA) is 51.5 Å². The fourth-order valence-corrected chi connectivity index (χ4v) is 1.12. The minimum Gasteiger partial charge on any atom is -0.493 e. The van der Waals surface area contributed by atoms with Gasteiger partial charge in [-0.3, -0.25) is 0 Å². The van der Waals surface area contributed by atoms with Gasteiger partial charge in [0.25, 0.3) is 6.26 Å². The van der Waals surface area contributed by atoms with E-state index in [4.69, 9.17) is 14.7 Å². The van der Waals surface area contributed by atoms with Crippen LogP contribution in [0.15, 0.2) is 18.2 Å². The highest BCUT2D eigenvalue weighted by Gasteiger charge is 2.07. The monoisotopic (exact) mass is 207 g/mol. The Hall–Kier alpha value is -1.89. The molecule has 0 unspecified atom stereocenters. The van der Waals surface area contributed by atoms with Gasteiger partial charge < -0.3 is 14.2 Å². The van der Waals surface area contributed by atoms with Crippen molar-refractivity contribution in [1.29, 1.82) is 5.26 Å². The summed E-state index contributed by atoms with van der Waals surface area (Å²) in [6, 6.07) is 4.98. The summed E-state index contributed by atoms with van der Waals surface area (Å²) in [5.74, 6) is 1.62. The number of ether oxygens (including phenoxy) is 3. The number of nitriles is 1. The Kier molecular flexibility index (Phi) is 3.81. The average molecular weight is 207 g/mol. The number of benzene rings is 1. The van der Waals surface area contributed by atoms with Crippen LogP contribution in [0.3, 0.4) is 0 Å². The van der Waals surface area contributed by atoms with E-state index in [0.29, 0.717) is 17.2 Å². The number of nitrogens with zero attached hydrogens (tertiary/aromatic N) is 1. The fraction of sp³-hybridized carbons (Fsp3) is 0.364. The van der Waals surface area contributed by atoms with Crippen molar-refractivity contribution in [2.45, 2.75) is 20.0 Å². The van der Waals surface area contributed by atoms with Gasteiger partial charge in [0.1, 0.15) is 5.75 Å². The molecule has 0 N–H and O–H groups in total. The summed E-state index contributed by atoms with van der Waals surface area (Å²) in [5.41, 5.74) is 0. The molecule has 0 heterocycles. The van der Waals surface area contributed by atoms with Gasteiger partial charge in [0.15, 0.2) is 11.5 Å². The first-order valence-corrected chi connectivity index (χ1v) is 4.58. The summed E-state index contributed by atoms with van der Waals surface area (Å²) in [6.45, 7) is 3.86. The van der Waals surface area contributed by atoms with Crippen molar-refractivity contribution in [3.8, 4) is 23.5 Å². The van der Waals surface area contributed by atoms with E-state index in [9.17, 15) is 0 Å². The molecule has 1 aromatic rings. The van der Waals surface area contributed by atoms with Crippen LogP contribution in [0.1, 0.15) is 13.8 Å². The molecule has 0 atom stereocenters. The smallest absolute Gasteiger partial charge is 0.292 e. The van der Waals surface area contributed by atoms with Gasteiger partial charge in [0, 0.05) is 6.07 Å². The lowest BCUT2D eigenvalue weighted by atomic mass is 10.3. The van der Waals surface area contributed by atoms with E-state index in [0.717, 1.165) is 0 Å². The molecule has 0 aliphatic heterocycles. The maximum absolute atomic E-state index is 8.35. The predicted molar refractivity (Wildman–Crippen MR) is 55.0 cm³/mol. The van der Waals surface area contributed by atoms with E-state index in [1.165, 1.54) is 0 Å². The lowest BCUT2D eigenvalue weighted by Crippen LogP contribution is -2.06. The van der Waals surface area contributed by atoms with Crippen LogP contribution < -0.4 is 14.2 Å². The number of hydrogen-bond donors (Lipinski definition) is 0. The van der Waals surface area contributed by atoms with Crippen LogP contribution in [0.5, 0.6) is 17.2 Å². The minimum absolute atomic E-state index is 0.0710. The van der Waals surface area contributed by atoms with E-state index in [1.807, 2.05) is 13.8 Å². The molecule has 4 heteroatoms. The zero-order valence-corrected chi connectivity index (χ0v) is 8.98. The average Bonchev–Trinajstić information content (AvgIpc) is 2.20. The zero-order chi connectivity index (χ0) is 11.3. The molecule has 80 valence electrons. The van der Waals surface area contributed by atoms with Gasteiger partial charge in [0.05, 0.1) is 13.2 Å². The Morgan fingerprint density at radius 3 is 2.53 bits per heavy atom. The first kappa shape index (κ1) is 11.2. The standard InChI is InChI=1S/C11H13NO3/c1-8(2)15-10-5-4-9(14-7-12)6-11(10)13-3/h4-6,8H,1-3H3. The molecule has 0 amide bonds. The van der Waals surface area contributed by atoms with Gasteiger partial charge in [-0.2, -0.15) is 0 Å². The van der Waals surface area contributed by atoms with Crippen molar-refractivity contribution in [1.82, 2.24) is 0 Å². The Bertz CT molecular complexity index is 369. The third-order valence-electron chi connectivity index (χ3n) is 1.66. The normalized spacial score (nSPS) is 9.53. The van der Waals surface area contributed by atoms with Crippen LogP contribution in [0, 0.1) is 11.5 Å². The molecule has 1 aromatic carbocycles. The quantitative estimate of drug-likeness (QED) is 0.711. The summed E-state index contributed by atoms with van der Waals surface area (Å²) in [4.78, 5) is 0. The van der Waals surface area contributed by atoms with Crippen LogP contribution in [-0.2, 0) is 0 Å². The maximum atomic E-state index is 8.35. The van der Waals surface area contributed by atoms with Gasteiger partial charge >= 0.3 is 0 Å². The molecule has 0 spiro atoms. The van der Waals surface area contributed by atoms with Crippen molar-refractivity contribution in [3.05, 3.63) is 18.2 Å². The van der Waals surface area contributed by atoms with Crippen molar-refractivity contribution >= 4 is 0 Å². The highest BCUT2D eigenvalue weighted by molar-refractivity contribution is 5.45. The summed E-state index contributed by atoms with van der Waals surface area (Å²) < 4.78 is 15.3. The van der Waals surface area contributed by atoms with E-state index < -0.39 is 0 Å². The number of methoxy groups -OCH3 is 1. The maximum Gasteiger partial charge on any atom is 0.292 e. The largest absolute Gasteiger partial charge is 0.493 e. The second kappa shape index (κ2) is 5.11. The molecule has 1 rings (SSSR count). The number of rotatable bonds is 4. The van der Waals surface area contributed by atoms with Gasteiger partial charge in [-0.1, -0.05) is 0 Å². The molecule has 0 saturated heterocycles. The summed E-state index contributed by atoms with van der Waals surface area (Å²) in [7, 11) is 1.54. The number of hydrogen-bond acceptors (Lipinski definition) is 4. The van der Waals surface area contributed by atoms with E-state index in [2.05, 4.69) is 4.74 Å². The van der Waals surface area contributed by atoms with Crippen molar-refractivity contribution in [3.63, 3.8) is 0 Å². The molecule has 0 bridgehead atoms. The summed E-state index contributed by atoms with van der Waals surface area (Å²) in [6.07, 6.45) is 1.67. The molecule has 0 aliphatic rings. The predicted octanol–water partition coefficient (Wildman–Crippen LogP) is 2.34. The molecule has 0 fully saturated rings. The van der Waals surface area contributed by atoms with Crippen molar-refractivity contribution in [2.75, 3.05) is 7.11 Å². The Morgan fingerprint density at radius 2 is 2.00 bits per heavy atom. The third-order valence-corrected chi connectivity index (χ3v) is 1.66. The molecule has 0 aliphatic carbocycles. The SMILES string of the molecule is COc1cc(OC#N)ccc1OC(C)C. The molecule has 0 aromatic heterocycles. The van der Waals surface area contributed by atoms with E-state index in [1.54, 1.807) is 31.6 Å². The van der Waals surface area contributed by atoms with Crippen LogP contribution in [0.25, 0.3) is 0 Å². The lowest BCUT2D eigenvalue weighted by Gasteiger charge is -2.13. The van der Waals surface area contributed by atoms with Crippen molar-refractivity contribution < 1.29 is 14.2 Å². The van der Waals surface area contributed by atoms with Gasteiger partial charge in [-0.25, -0.2) is 0 Å². The summed E-state index contributed by atoms with van der Waals surface area (Å²) in [5, 5.41) is 8.35. The van der Waals surface area contributed by atoms with Crippen molar-refractivity contribution in [2.24, 2.45) is 0 Å². The van der Waals surface area contributed by atoms with Crippen LogP contribution in [-0.4, -0.2) is 13.2 Å². The Morgan fingerprint density at radius 1 is 1.27 bits per heavy atom. The highest BCUT2D eigenvalue weighted by atomic mass is 16.5. The molecule has 15 heavy (non-hydrogen) atoms. The van der Waals surface area contributed by atoms with Crippen LogP contribution in [0.4, 0.5) is 0 Å². The third kappa shape index (κ3) is 3.06. The molecule has 4 nitrogen and oxygen atoms in total. The Balaban J connectivity index is 2.94. The van der Waals surface area contributed by atoms with E-state index in [-0.39, 0.29) is 6.10 Å². The molecular weight excluding hydrogens is 194 g/mol. The molecule has 0 radical (unpaired) electrons. The zero-order valence-electron chi connectivity index (χ0n) is 8.98. The minimum atomic E-state index is 0.0710. The Labute approximate surface area is 89.0 Å². The van der Waals surface area contributed by atoms with Gasteiger partial charge in [-0.15, -0.1) is 5.26 Å². The van der Waals surface area contributed by atoms with Crippen LogP contribution in [0.2, 0.25) is 0 Å². The first-order valence-electron chi connectivity index (χ1n) is 4.58. The second-order valence-electron chi connectivity index (χ2n) is 3.17. The molecule has 0 saturated carbocycles. The second-order valence-corrected chi connectivity index (χ2v) is 3.17. The summed E-state index contributed by atoms with van der Waals surface area (Å²) >= 11 is 0. The first-order chi connectivity index (χ1) is 7.17. The van der Waals surface area contributed by atoms with E-state index >= 15 is 0 Å². The van der Waals surface area contributed by atoms with Gasteiger partial charge in [-0.05, 0) is 26.0 Å². The fourth-order valence-electron chi connectivity index (χ4n) is 1.12. The lowest BCUT2D eigenvalue weighted by molar-refractivity contribution is 0.229. The van der Waals surface area contributed by atoms with Crippen LogP contribution >= 0.6 is 0 Å². The van der Waals surface area contributed by atoms with Gasteiger partial charge in [0.2, 0.25) is 0 Å².